The molecule has 1 aromatic heterocycles. The van der Waals surface area contributed by atoms with Crippen molar-refractivity contribution >= 4 is 7.60 Å². The molecule has 0 saturated carbocycles. The van der Waals surface area contributed by atoms with Gasteiger partial charge in [0.25, 0.3) is 5.78 Å². The zero-order valence-electron chi connectivity index (χ0n) is 8.67. The van der Waals surface area contributed by atoms with E-state index in [0.717, 1.165) is 0 Å². The smallest absolute Gasteiger partial charge is 0.320 e. The standard InChI is InChI=1S/C7H10NO3P.ClHO4/c1-7(12(9,10)11)8-5-3-2-4-6-8;2-1(3,4)5/h2-7H,1H3,(H-,9,10,11);(H,2,3,4,5). The molecule has 2 N–H and O–H groups in total. The maximum Gasteiger partial charge on any atom is 0.392 e. The van der Waals surface area contributed by atoms with E-state index in [1.807, 2.05) is 0 Å². The van der Waals surface area contributed by atoms with Gasteiger partial charge in [0.05, 0.1) is 0 Å². The lowest BCUT2D eigenvalue weighted by molar-refractivity contribution is -2.00. The first-order valence-corrected chi connectivity index (χ1v) is 7.06. The predicted octanol–water partition coefficient (Wildman–Crippen LogP) is -4.09. The molecule has 0 amide bonds. The lowest BCUT2D eigenvalue weighted by atomic mass is 10.5. The number of rotatable bonds is 2. The van der Waals surface area contributed by atoms with E-state index in [9.17, 15) is 4.57 Å². The topological polar surface area (TPSA) is 154 Å². The molecule has 0 saturated heterocycles. The van der Waals surface area contributed by atoms with Crippen LogP contribution < -0.4 is 23.2 Å². The molecule has 8 nitrogen and oxygen atoms in total. The average Bonchev–Trinajstić information content (AvgIpc) is 2.14. The Morgan fingerprint density at radius 3 is 1.76 bits per heavy atom. The van der Waals surface area contributed by atoms with Crippen molar-refractivity contribution in [2.75, 3.05) is 0 Å². The minimum atomic E-state index is -4.94. The van der Waals surface area contributed by atoms with E-state index in [-0.39, 0.29) is 0 Å². The maximum absolute atomic E-state index is 10.8. The summed E-state index contributed by atoms with van der Waals surface area (Å²) < 4.78 is 46.3. The Hall–Kier alpha value is -0.570. The second kappa shape index (κ2) is 6.39. The average molecular weight is 288 g/mol. The van der Waals surface area contributed by atoms with Gasteiger partial charge in [-0.1, -0.05) is 6.07 Å². The quantitative estimate of drug-likeness (QED) is 0.414. The van der Waals surface area contributed by atoms with Gasteiger partial charge < -0.3 is 9.79 Å². The zero-order chi connectivity index (χ0) is 13.7. The van der Waals surface area contributed by atoms with Crippen LogP contribution in [0.1, 0.15) is 12.7 Å². The van der Waals surface area contributed by atoms with Gasteiger partial charge in [-0.2, -0.15) is 4.57 Å². The van der Waals surface area contributed by atoms with Crippen LogP contribution in [0.4, 0.5) is 0 Å². The Labute approximate surface area is 99.3 Å². The molecule has 0 aliphatic carbocycles. The van der Waals surface area contributed by atoms with E-state index in [1.165, 1.54) is 11.5 Å². The summed E-state index contributed by atoms with van der Waals surface area (Å²) in [5.74, 6) is -0.793. The van der Waals surface area contributed by atoms with Crippen molar-refractivity contribution < 1.29 is 47.8 Å². The highest BCUT2D eigenvalue weighted by atomic mass is 35.7. The fraction of sp³-hybridized carbons (Fsp3) is 0.286. The Morgan fingerprint density at radius 1 is 1.12 bits per heavy atom. The van der Waals surface area contributed by atoms with Gasteiger partial charge >= 0.3 is 7.60 Å². The monoisotopic (exact) mass is 287 g/mol. The number of pyridine rings is 1. The van der Waals surface area contributed by atoms with Gasteiger partial charge in [0, 0.05) is 19.1 Å². The van der Waals surface area contributed by atoms with Gasteiger partial charge in [0.15, 0.2) is 12.4 Å². The summed E-state index contributed by atoms with van der Waals surface area (Å²) in [5.41, 5.74) is 0. The van der Waals surface area contributed by atoms with Crippen LogP contribution in [0, 0.1) is 10.2 Å². The summed E-state index contributed by atoms with van der Waals surface area (Å²) in [4.78, 5) is 17.7. The summed E-state index contributed by atoms with van der Waals surface area (Å²) in [6, 6.07) is 5.25. The largest absolute Gasteiger partial charge is 0.392 e. The Morgan fingerprint density at radius 2 is 1.47 bits per heavy atom. The molecule has 17 heavy (non-hydrogen) atoms. The van der Waals surface area contributed by atoms with Crippen LogP contribution in [0.25, 0.3) is 0 Å². The van der Waals surface area contributed by atoms with Gasteiger partial charge in [-0.3, -0.25) is 4.57 Å². The predicted molar refractivity (Wildman–Crippen MR) is 43.4 cm³/mol. The molecule has 0 radical (unpaired) electrons. The SMILES string of the molecule is CC([n+]1ccccc1)P(=O)(O)O.[O-][Cl+3]([O-])([O-])[O-]. The van der Waals surface area contributed by atoms with Crippen LogP contribution in [0.15, 0.2) is 30.6 Å². The molecule has 0 spiro atoms. The van der Waals surface area contributed by atoms with Crippen LogP contribution in [0.5, 0.6) is 0 Å². The first kappa shape index (κ1) is 16.4. The normalized spacial score (nSPS) is 13.6. The van der Waals surface area contributed by atoms with E-state index in [1.54, 1.807) is 30.6 Å². The van der Waals surface area contributed by atoms with E-state index in [2.05, 4.69) is 0 Å². The third-order valence-electron chi connectivity index (χ3n) is 1.66. The minimum absolute atomic E-state index is 0.793. The molecule has 0 bridgehead atoms. The van der Waals surface area contributed by atoms with Crippen molar-refractivity contribution in [1.29, 1.82) is 0 Å². The van der Waals surface area contributed by atoms with Gasteiger partial charge in [0.1, 0.15) is 0 Å². The summed E-state index contributed by atoms with van der Waals surface area (Å²) >= 11 is 0. The van der Waals surface area contributed by atoms with E-state index >= 15 is 0 Å². The molecule has 0 aromatic carbocycles. The van der Waals surface area contributed by atoms with Crippen molar-refractivity contribution in [2.45, 2.75) is 12.7 Å². The number of halogens is 1. The molecule has 1 atom stereocenters. The molecule has 98 valence electrons. The lowest BCUT2D eigenvalue weighted by Crippen LogP contribution is -2.68. The highest BCUT2D eigenvalue weighted by molar-refractivity contribution is 7.51. The molecule has 0 fully saturated rings. The Balaban J connectivity index is 0.000000437. The fourth-order valence-corrected chi connectivity index (χ4v) is 1.34. The Kier molecular flexibility index (Phi) is 6.17. The maximum atomic E-state index is 10.8. The lowest BCUT2D eigenvalue weighted by Gasteiger charge is -2.17. The molecular formula is C7H11ClNO7P. The summed E-state index contributed by atoms with van der Waals surface area (Å²) in [7, 11) is -8.96. The van der Waals surface area contributed by atoms with E-state index in [4.69, 9.17) is 28.4 Å². The summed E-state index contributed by atoms with van der Waals surface area (Å²) in [5, 5.41) is 0. The molecule has 1 rings (SSSR count). The number of hydrogen-bond donors (Lipinski definition) is 2. The third kappa shape index (κ3) is 9.16. The van der Waals surface area contributed by atoms with Crippen LogP contribution in [-0.4, -0.2) is 9.79 Å². The number of aromatic nitrogens is 1. The van der Waals surface area contributed by atoms with Crippen molar-refractivity contribution in [3.63, 3.8) is 0 Å². The van der Waals surface area contributed by atoms with Gasteiger partial charge in [-0.05, 0) is 0 Å². The van der Waals surface area contributed by atoms with E-state index in [0.29, 0.717) is 0 Å². The highest BCUT2D eigenvalue weighted by Crippen LogP contribution is 2.44. The summed E-state index contributed by atoms with van der Waals surface area (Å²) in [6.45, 7) is 1.49. The van der Waals surface area contributed by atoms with Gasteiger partial charge in [-0.15, -0.1) is 10.2 Å². The zero-order valence-corrected chi connectivity index (χ0v) is 10.3. The highest BCUT2D eigenvalue weighted by Gasteiger charge is 2.31. The van der Waals surface area contributed by atoms with Crippen LogP contribution in [0.2, 0.25) is 0 Å². The molecule has 1 aromatic rings. The molecule has 0 aliphatic rings. The first-order valence-electron chi connectivity index (χ1n) is 4.14. The fourth-order valence-electron chi connectivity index (χ4n) is 0.835. The second-order valence-corrected chi connectivity index (χ2v) is 5.60. The number of nitrogens with zero attached hydrogens (tertiary/aromatic N) is 1. The first-order chi connectivity index (χ1) is 7.52. The van der Waals surface area contributed by atoms with Crippen molar-refractivity contribution in [2.24, 2.45) is 0 Å². The van der Waals surface area contributed by atoms with Crippen molar-refractivity contribution in [3.05, 3.63) is 30.6 Å². The van der Waals surface area contributed by atoms with Gasteiger partial charge in [-0.25, -0.2) is 18.6 Å². The van der Waals surface area contributed by atoms with E-state index < -0.39 is 23.6 Å². The van der Waals surface area contributed by atoms with Crippen molar-refractivity contribution in [3.8, 4) is 0 Å². The second-order valence-electron chi connectivity index (χ2n) is 2.92. The summed E-state index contributed by atoms with van der Waals surface area (Å²) in [6.07, 6.45) is 3.26. The Bertz CT molecular complexity index is 370. The van der Waals surface area contributed by atoms with Crippen molar-refractivity contribution in [1.82, 2.24) is 0 Å². The van der Waals surface area contributed by atoms with Crippen LogP contribution >= 0.6 is 7.60 Å². The molecule has 0 aliphatic heterocycles. The van der Waals surface area contributed by atoms with Gasteiger partial charge in [0.2, 0.25) is 0 Å². The minimum Gasteiger partial charge on any atom is -0.320 e. The molecule has 10 heteroatoms. The van der Waals surface area contributed by atoms with Crippen LogP contribution in [0.3, 0.4) is 0 Å². The molecule has 1 heterocycles. The molecular weight excluding hydrogens is 277 g/mol. The third-order valence-corrected chi connectivity index (χ3v) is 2.90. The van der Waals surface area contributed by atoms with Crippen LogP contribution in [-0.2, 0) is 4.57 Å². The molecule has 1 unspecified atom stereocenters. The number of hydrogen-bond acceptors (Lipinski definition) is 5.